The van der Waals surface area contributed by atoms with Crippen molar-refractivity contribution >= 4 is 30.0 Å². The molecule has 5 nitrogen and oxygen atoms in total. The maximum atomic E-state index is 14.5. The lowest BCUT2D eigenvalue weighted by atomic mass is 9.95. The molecular weight excluding hydrogens is 525 g/mol. The van der Waals surface area contributed by atoms with E-state index < -0.39 is 23.9 Å². The number of carboxylic acid groups (broad SMARTS) is 1. The number of ether oxygens (including phenoxy) is 2. The van der Waals surface area contributed by atoms with Gasteiger partial charge in [0, 0.05) is 29.7 Å². The fourth-order valence-electron chi connectivity index (χ4n) is 5.47. The standard InChI is InChI=1S/C25H24ClF4NO4.ClH/c26-15-6-18(10-20(7-15)35-25(28,29)30)34-19-8-16-3-4-17(9-19)31(16)12-14-5-23(27)22(24(32)33)11-21(14)13-1-2-13;/h5-7,10-11,13,16-17,19H,1-4,8-9,12H2,(H,32,33);1H/t16-,17+,19-;. The van der Waals surface area contributed by atoms with Gasteiger partial charge in [0.2, 0.25) is 0 Å². The zero-order valence-corrected chi connectivity index (χ0v) is 20.6. The molecule has 0 radical (unpaired) electrons. The Morgan fingerprint density at radius 1 is 1.03 bits per heavy atom. The Hall–Kier alpha value is -2.23. The van der Waals surface area contributed by atoms with Crippen LogP contribution in [0.3, 0.4) is 0 Å². The van der Waals surface area contributed by atoms with E-state index in [1.54, 1.807) is 0 Å². The van der Waals surface area contributed by atoms with Gasteiger partial charge in [0.1, 0.15) is 23.4 Å². The molecular formula is C25H25Cl2F4NO4. The van der Waals surface area contributed by atoms with Gasteiger partial charge in [0.25, 0.3) is 0 Å². The number of hydrogen-bond acceptors (Lipinski definition) is 4. The first-order valence-electron chi connectivity index (χ1n) is 11.6. The van der Waals surface area contributed by atoms with Crippen LogP contribution in [0.2, 0.25) is 5.02 Å². The van der Waals surface area contributed by atoms with Crippen molar-refractivity contribution in [2.75, 3.05) is 0 Å². The van der Waals surface area contributed by atoms with Crippen LogP contribution in [0.25, 0.3) is 0 Å². The summed E-state index contributed by atoms with van der Waals surface area (Å²) >= 11 is 5.97. The molecule has 2 heterocycles. The second-order valence-electron chi connectivity index (χ2n) is 9.55. The van der Waals surface area contributed by atoms with Crippen LogP contribution in [-0.4, -0.2) is 40.5 Å². The molecule has 2 bridgehead atoms. The lowest BCUT2D eigenvalue weighted by Crippen LogP contribution is -2.45. The maximum Gasteiger partial charge on any atom is 0.573 e. The predicted molar refractivity (Wildman–Crippen MR) is 127 cm³/mol. The molecule has 2 aromatic rings. The van der Waals surface area contributed by atoms with Crippen LogP contribution < -0.4 is 9.47 Å². The third-order valence-corrected chi connectivity index (χ3v) is 7.27. The average molecular weight is 550 g/mol. The molecule has 0 amide bonds. The first kappa shape index (κ1) is 26.8. The Bertz CT molecular complexity index is 1130. The number of carbonyl (C=O) groups is 1. The quantitative estimate of drug-likeness (QED) is 0.378. The molecule has 0 spiro atoms. The van der Waals surface area contributed by atoms with E-state index in [0.29, 0.717) is 19.4 Å². The van der Waals surface area contributed by atoms with Gasteiger partial charge < -0.3 is 14.6 Å². The van der Waals surface area contributed by atoms with Gasteiger partial charge in [-0.05, 0) is 79.8 Å². The van der Waals surface area contributed by atoms with Gasteiger partial charge in [-0.1, -0.05) is 11.6 Å². The number of piperidine rings is 1. The average Bonchev–Trinajstić information content (AvgIpc) is 3.53. The molecule has 0 unspecified atom stereocenters. The van der Waals surface area contributed by atoms with Crippen molar-refractivity contribution in [2.24, 2.45) is 0 Å². The van der Waals surface area contributed by atoms with E-state index in [9.17, 15) is 27.5 Å². The highest BCUT2D eigenvalue weighted by Gasteiger charge is 2.42. The lowest BCUT2D eigenvalue weighted by molar-refractivity contribution is -0.274. The van der Waals surface area contributed by atoms with Crippen LogP contribution in [0.5, 0.6) is 11.5 Å². The molecule has 196 valence electrons. The van der Waals surface area contributed by atoms with Gasteiger partial charge in [-0.25, -0.2) is 9.18 Å². The first-order chi connectivity index (χ1) is 16.6. The number of alkyl halides is 3. The summed E-state index contributed by atoms with van der Waals surface area (Å²) in [6, 6.07) is 6.95. The fourth-order valence-corrected chi connectivity index (χ4v) is 5.69. The largest absolute Gasteiger partial charge is 0.573 e. The van der Waals surface area contributed by atoms with E-state index in [-0.39, 0.29) is 52.8 Å². The van der Waals surface area contributed by atoms with E-state index in [0.717, 1.165) is 42.9 Å². The van der Waals surface area contributed by atoms with Crippen molar-refractivity contribution in [3.05, 3.63) is 57.9 Å². The van der Waals surface area contributed by atoms with Gasteiger partial charge in [0.05, 0.1) is 5.56 Å². The summed E-state index contributed by atoms with van der Waals surface area (Å²) in [7, 11) is 0. The Balaban J connectivity index is 0.00000304. The van der Waals surface area contributed by atoms with E-state index in [2.05, 4.69) is 9.64 Å². The summed E-state index contributed by atoms with van der Waals surface area (Å²) in [6.45, 7) is 0.533. The fraction of sp³-hybridized carbons (Fsp3) is 0.480. The molecule has 36 heavy (non-hydrogen) atoms. The van der Waals surface area contributed by atoms with E-state index in [1.165, 1.54) is 24.3 Å². The number of halogens is 6. The van der Waals surface area contributed by atoms with Gasteiger partial charge in [-0.3, -0.25) is 4.90 Å². The van der Waals surface area contributed by atoms with Crippen molar-refractivity contribution in [1.29, 1.82) is 0 Å². The molecule has 1 N–H and O–H groups in total. The molecule has 5 rings (SSSR count). The monoisotopic (exact) mass is 549 g/mol. The number of hydrogen-bond donors (Lipinski definition) is 1. The molecule has 1 aliphatic carbocycles. The number of aromatic carboxylic acids is 1. The smallest absolute Gasteiger partial charge is 0.490 e. The van der Waals surface area contributed by atoms with Crippen molar-refractivity contribution in [3.63, 3.8) is 0 Å². The second kappa shape index (κ2) is 10.3. The number of fused-ring (bicyclic) bond motifs is 2. The molecule has 2 aromatic carbocycles. The first-order valence-corrected chi connectivity index (χ1v) is 12.0. The molecule has 3 aliphatic rings. The van der Waals surface area contributed by atoms with Crippen LogP contribution in [0.4, 0.5) is 17.6 Å². The summed E-state index contributed by atoms with van der Waals surface area (Å²) in [4.78, 5) is 13.7. The van der Waals surface area contributed by atoms with Crippen LogP contribution >= 0.6 is 24.0 Å². The van der Waals surface area contributed by atoms with E-state index in [4.69, 9.17) is 16.3 Å². The second-order valence-corrected chi connectivity index (χ2v) is 9.99. The van der Waals surface area contributed by atoms with Gasteiger partial charge in [-0.15, -0.1) is 25.6 Å². The van der Waals surface area contributed by atoms with Crippen LogP contribution in [0.15, 0.2) is 30.3 Å². The van der Waals surface area contributed by atoms with Crippen molar-refractivity contribution < 1.29 is 36.9 Å². The van der Waals surface area contributed by atoms with Gasteiger partial charge in [0.15, 0.2) is 0 Å². The summed E-state index contributed by atoms with van der Waals surface area (Å²) in [5.41, 5.74) is 1.45. The maximum absolute atomic E-state index is 14.5. The number of rotatable bonds is 7. The Labute approximate surface area is 216 Å². The highest BCUT2D eigenvalue weighted by atomic mass is 35.5. The molecule has 1 saturated carbocycles. The van der Waals surface area contributed by atoms with Crippen LogP contribution in [-0.2, 0) is 6.54 Å². The van der Waals surface area contributed by atoms with Crippen LogP contribution in [0, 0.1) is 5.82 Å². The highest BCUT2D eigenvalue weighted by Crippen LogP contribution is 2.45. The van der Waals surface area contributed by atoms with Crippen molar-refractivity contribution in [2.45, 2.75) is 75.5 Å². The molecule has 0 aromatic heterocycles. The summed E-state index contributed by atoms with van der Waals surface area (Å²) in [5.74, 6) is -1.92. The SMILES string of the molecule is Cl.O=C(O)c1cc(C2CC2)c(CN2[C@@H]3CC[C@H]2C[C@H](Oc2cc(Cl)cc(OC(F)(F)F)c2)C3)cc1F. The summed E-state index contributed by atoms with van der Waals surface area (Å²) < 4.78 is 62.3. The molecule has 2 saturated heterocycles. The number of benzene rings is 2. The Morgan fingerprint density at radius 2 is 1.67 bits per heavy atom. The normalized spacial score (nSPS) is 23.8. The minimum atomic E-state index is -4.83. The minimum absolute atomic E-state index is 0. The highest BCUT2D eigenvalue weighted by molar-refractivity contribution is 6.30. The lowest BCUT2D eigenvalue weighted by Gasteiger charge is -2.39. The third-order valence-electron chi connectivity index (χ3n) is 7.05. The Morgan fingerprint density at radius 3 is 2.25 bits per heavy atom. The summed E-state index contributed by atoms with van der Waals surface area (Å²) in [6.07, 6.45) is 0.150. The van der Waals surface area contributed by atoms with Crippen LogP contribution in [0.1, 0.15) is 65.9 Å². The molecule has 3 fully saturated rings. The zero-order valence-electron chi connectivity index (χ0n) is 19.1. The van der Waals surface area contributed by atoms with Gasteiger partial charge >= 0.3 is 12.3 Å². The summed E-state index contributed by atoms with van der Waals surface area (Å²) in [5, 5.41) is 9.39. The molecule has 3 atom stereocenters. The third kappa shape index (κ3) is 6.01. The molecule has 2 aliphatic heterocycles. The van der Waals surface area contributed by atoms with E-state index in [1.807, 2.05) is 0 Å². The number of nitrogens with zero attached hydrogens (tertiary/aromatic N) is 1. The predicted octanol–water partition coefficient (Wildman–Crippen LogP) is 6.95. The van der Waals surface area contributed by atoms with Gasteiger partial charge in [-0.2, -0.15) is 0 Å². The number of carboxylic acids is 1. The van der Waals surface area contributed by atoms with Crippen molar-refractivity contribution in [3.8, 4) is 11.5 Å². The topological polar surface area (TPSA) is 59.0 Å². The van der Waals surface area contributed by atoms with Crippen molar-refractivity contribution in [1.82, 2.24) is 4.90 Å². The van der Waals surface area contributed by atoms with E-state index >= 15 is 0 Å². The minimum Gasteiger partial charge on any atom is -0.490 e. The molecule has 11 heteroatoms. The Kier molecular flexibility index (Phi) is 7.65. The zero-order chi connectivity index (χ0) is 24.9.